The Morgan fingerprint density at radius 3 is 2.83 bits per heavy atom. The van der Waals surface area contributed by atoms with Crippen molar-refractivity contribution in [1.82, 2.24) is 4.98 Å². The number of rotatable bonds is 2. The average molecular weight is 260 g/mol. The summed E-state index contributed by atoms with van der Waals surface area (Å²) in [5, 5.41) is 3.66. The van der Waals surface area contributed by atoms with E-state index in [-0.39, 0.29) is 11.8 Å². The second kappa shape index (κ2) is 4.05. The van der Waals surface area contributed by atoms with Crippen LogP contribution in [-0.2, 0) is 4.79 Å². The zero-order chi connectivity index (χ0) is 12.9. The van der Waals surface area contributed by atoms with Crippen molar-refractivity contribution in [3.63, 3.8) is 0 Å². The molecular weight excluding hydrogens is 244 g/mol. The van der Waals surface area contributed by atoms with Crippen LogP contribution in [0.2, 0.25) is 0 Å². The van der Waals surface area contributed by atoms with Gasteiger partial charge in [0.2, 0.25) is 5.91 Å². The Balaban J connectivity index is 1.89. The third kappa shape index (κ3) is 2.01. The summed E-state index contributed by atoms with van der Waals surface area (Å²) in [7, 11) is 0. The van der Waals surface area contributed by atoms with Gasteiger partial charge in [0.15, 0.2) is 5.13 Å². The number of amides is 1. The minimum Gasteiger partial charge on any atom is -0.302 e. The second-order valence-electron chi connectivity index (χ2n) is 5.26. The van der Waals surface area contributed by atoms with E-state index in [9.17, 15) is 4.79 Å². The Morgan fingerprint density at radius 1 is 1.44 bits per heavy atom. The van der Waals surface area contributed by atoms with E-state index in [0.29, 0.717) is 5.92 Å². The summed E-state index contributed by atoms with van der Waals surface area (Å²) in [4.78, 5) is 16.4. The molecule has 0 bridgehead atoms. The van der Waals surface area contributed by atoms with Crippen molar-refractivity contribution in [1.29, 1.82) is 0 Å². The smallest absolute Gasteiger partial charge is 0.229 e. The molecule has 94 valence electrons. The molecule has 18 heavy (non-hydrogen) atoms. The van der Waals surface area contributed by atoms with Crippen LogP contribution in [0.1, 0.15) is 24.5 Å². The van der Waals surface area contributed by atoms with Crippen LogP contribution in [0.5, 0.6) is 0 Å². The van der Waals surface area contributed by atoms with Crippen molar-refractivity contribution in [2.24, 2.45) is 11.8 Å². The molecule has 1 aliphatic carbocycles. The zero-order valence-corrected chi connectivity index (χ0v) is 11.6. The Kier molecular flexibility index (Phi) is 2.63. The van der Waals surface area contributed by atoms with Gasteiger partial charge in [-0.1, -0.05) is 24.3 Å². The molecule has 3 nitrogen and oxygen atoms in total. The van der Waals surface area contributed by atoms with Gasteiger partial charge in [0.25, 0.3) is 0 Å². The highest BCUT2D eigenvalue weighted by Crippen LogP contribution is 2.39. The number of fused-ring (bicyclic) bond motifs is 1. The summed E-state index contributed by atoms with van der Waals surface area (Å²) in [6.45, 7) is 6.25. The largest absolute Gasteiger partial charge is 0.302 e. The molecule has 2 aromatic rings. The maximum Gasteiger partial charge on any atom is 0.229 e. The normalized spacial score (nSPS) is 22.2. The van der Waals surface area contributed by atoms with Gasteiger partial charge in [-0.25, -0.2) is 4.98 Å². The molecule has 1 fully saturated rings. The van der Waals surface area contributed by atoms with E-state index < -0.39 is 0 Å². The number of benzene rings is 1. The van der Waals surface area contributed by atoms with E-state index in [0.717, 1.165) is 21.8 Å². The van der Waals surface area contributed by atoms with Crippen LogP contribution in [0.25, 0.3) is 10.2 Å². The first kappa shape index (κ1) is 11.7. The Morgan fingerprint density at radius 2 is 2.17 bits per heavy atom. The van der Waals surface area contributed by atoms with E-state index in [2.05, 4.69) is 43.2 Å². The van der Waals surface area contributed by atoms with Gasteiger partial charge < -0.3 is 5.32 Å². The fourth-order valence-electron chi connectivity index (χ4n) is 2.31. The Labute approximate surface area is 110 Å². The molecule has 3 rings (SSSR count). The topological polar surface area (TPSA) is 42.0 Å². The van der Waals surface area contributed by atoms with E-state index in [1.165, 1.54) is 11.1 Å². The first-order valence-electron chi connectivity index (χ1n) is 6.23. The Hall–Kier alpha value is -1.42. The van der Waals surface area contributed by atoms with Crippen LogP contribution >= 0.6 is 11.3 Å². The molecule has 0 saturated heterocycles. The summed E-state index contributed by atoms with van der Waals surface area (Å²) in [6.07, 6.45) is 1.01. The fourth-order valence-corrected chi connectivity index (χ4v) is 3.35. The molecular formula is C14H16N2OS. The number of anilines is 1. The lowest BCUT2D eigenvalue weighted by molar-refractivity contribution is -0.117. The molecule has 1 aromatic heterocycles. The van der Waals surface area contributed by atoms with Crippen LogP contribution in [0.3, 0.4) is 0 Å². The third-order valence-electron chi connectivity index (χ3n) is 3.51. The molecule has 0 unspecified atom stereocenters. The highest BCUT2D eigenvalue weighted by atomic mass is 32.1. The van der Waals surface area contributed by atoms with Crippen molar-refractivity contribution in [3.8, 4) is 0 Å². The Bertz CT molecular complexity index is 632. The SMILES string of the molecule is Cc1cc(C)c2nc(NC(=O)[C@H]3C[C@H]3C)sc2c1. The van der Waals surface area contributed by atoms with Crippen molar-refractivity contribution in [3.05, 3.63) is 23.3 Å². The maximum atomic E-state index is 11.9. The van der Waals surface area contributed by atoms with Gasteiger partial charge >= 0.3 is 0 Å². The summed E-state index contributed by atoms with van der Waals surface area (Å²) in [6, 6.07) is 4.24. The summed E-state index contributed by atoms with van der Waals surface area (Å²) in [5.74, 6) is 0.846. The number of hydrogen-bond donors (Lipinski definition) is 1. The molecule has 0 spiro atoms. The van der Waals surface area contributed by atoms with E-state index in [4.69, 9.17) is 0 Å². The summed E-state index contributed by atoms with van der Waals surface area (Å²) in [5.41, 5.74) is 3.41. The molecule has 1 amide bonds. The quantitative estimate of drug-likeness (QED) is 0.897. The zero-order valence-electron chi connectivity index (χ0n) is 10.8. The second-order valence-corrected chi connectivity index (χ2v) is 6.29. The maximum absolute atomic E-state index is 11.9. The number of carbonyl (C=O) groups is 1. The molecule has 4 heteroatoms. The standard InChI is InChI=1S/C14H16N2OS/c1-7-4-9(3)12-11(5-7)18-14(15-12)16-13(17)10-6-8(10)2/h4-5,8,10H,6H2,1-3H3,(H,15,16,17)/t8-,10+/m1/s1. The van der Waals surface area contributed by atoms with E-state index >= 15 is 0 Å². The van der Waals surface area contributed by atoms with Crippen molar-refractivity contribution >= 4 is 32.6 Å². The minimum atomic E-state index is 0.121. The van der Waals surface area contributed by atoms with Crippen LogP contribution in [0.4, 0.5) is 5.13 Å². The third-order valence-corrected chi connectivity index (χ3v) is 4.42. The summed E-state index contributed by atoms with van der Waals surface area (Å²) >= 11 is 1.56. The van der Waals surface area contributed by atoms with Gasteiger partial charge in [-0.3, -0.25) is 4.79 Å². The minimum absolute atomic E-state index is 0.121. The molecule has 0 aliphatic heterocycles. The average Bonchev–Trinajstić information content (AvgIpc) is 2.86. The van der Waals surface area contributed by atoms with Crippen LogP contribution < -0.4 is 5.32 Å². The predicted octanol–water partition coefficient (Wildman–Crippen LogP) is 3.51. The molecule has 1 N–H and O–H groups in total. The van der Waals surface area contributed by atoms with Gasteiger partial charge in [0.05, 0.1) is 10.2 Å². The van der Waals surface area contributed by atoms with Crippen molar-refractivity contribution in [2.75, 3.05) is 5.32 Å². The van der Waals surface area contributed by atoms with Crippen LogP contribution in [0.15, 0.2) is 12.1 Å². The monoisotopic (exact) mass is 260 g/mol. The van der Waals surface area contributed by atoms with Crippen molar-refractivity contribution < 1.29 is 4.79 Å². The van der Waals surface area contributed by atoms with Gasteiger partial charge in [-0.15, -0.1) is 0 Å². The molecule has 1 aromatic carbocycles. The highest BCUT2D eigenvalue weighted by Gasteiger charge is 2.39. The number of aromatic nitrogens is 1. The lowest BCUT2D eigenvalue weighted by Gasteiger charge is -1.98. The van der Waals surface area contributed by atoms with Gasteiger partial charge in [0.1, 0.15) is 0 Å². The molecule has 2 atom stereocenters. The number of aryl methyl sites for hydroxylation is 2. The fraction of sp³-hybridized carbons (Fsp3) is 0.429. The van der Waals surface area contributed by atoms with E-state index in [1.54, 1.807) is 11.3 Å². The molecule has 1 saturated carbocycles. The molecule has 1 heterocycles. The number of carbonyl (C=O) groups excluding carboxylic acids is 1. The lowest BCUT2D eigenvalue weighted by Crippen LogP contribution is -2.14. The first-order chi connectivity index (χ1) is 8.54. The predicted molar refractivity (Wildman–Crippen MR) is 75.0 cm³/mol. The molecule has 0 radical (unpaired) electrons. The number of nitrogens with zero attached hydrogens (tertiary/aromatic N) is 1. The number of thiazole rings is 1. The van der Waals surface area contributed by atoms with Crippen LogP contribution in [-0.4, -0.2) is 10.9 Å². The van der Waals surface area contributed by atoms with Crippen molar-refractivity contribution in [2.45, 2.75) is 27.2 Å². The van der Waals surface area contributed by atoms with Gasteiger partial charge in [0, 0.05) is 5.92 Å². The van der Waals surface area contributed by atoms with E-state index in [1.807, 2.05) is 0 Å². The summed E-state index contributed by atoms with van der Waals surface area (Å²) < 4.78 is 1.15. The van der Waals surface area contributed by atoms with Gasteiger partial charge in [-0.2, -0.15) is 0 Å². The highest BCUT2D eigenvalue weighted by molar-refractivity contribution is 7.22. The van der Waals surface area contributed by atoms with Crippen LogP contribution in [0, 0.1) is 25.7 Å². The molecule has 1 aliphatic rings. The first-order valence-corrected chi connectivity index (χ1v) is 7.05. The number of hydrogen-bond acceptors (Lipinski definition) is 3. The lowest BCUT2D eigenvalue weighted by atomic mass is 10.1. The number of nitrogens with one attached hydrogen (secondary N) is 1. The van der Waals surface area contributed by atoms with Gasteiger partial charge in [-0.05, 0) is 43.4 Å².